The van der Waals surface area contributed by atoms with E-state index in [2.05, 4.69) is 4.98 Å². The summed E-state index contributed by atoms with van der Waals surface area (Å²) >= 11 is 11.1. The van der Waals surface area contributed by atoms with Gasteiger partial charge in [-0.3, -0.25) is 0 Å². The first-order valence-electron chi connectivity index (χ1n) is 8.06. The Labute approximate surface area is 160 Å². The molecule has 0 radical (unpaired) electrons. The first kappa shape index (κ1) is 15.4. The van der Waals surface area contributed by atoms with Crippen molar-refractivity contribution in [2.75, 3.05) is 0 Å². The van der Waals surface area contributed by atoms with E-state index in [1.807, 2.05) is 60.7 Å². The lowest BCUT2D eigenvalue weighted by Gasteiger charge is -1.96. The molecule has 0 saturated heterocycles. The molecule has 124 valence electrons. The summed E-state index contributed by atoms with van der Waals surface area (Å²) in [4.78, 5) is 5.88. The fourth-order valence-electron chi connectivity index (χ4n) is 3.08. The van der Waals surface area contributed by atoms with Gasteiger partial charge in [0.25, 0.3) is 5.71 Å². The van der Waals surface area contributed by atoms with Gasteiger partial charge >= 0.3 is 0 Å². The van der Waals surface area contributed by atoms with Crippen molar-refractivity contribution in [3.8, 4) is 11.3 Å². The van der Waals surface area contributed by atoms with Crippen LogP contribution in [0.3, 0.4) is 0 Å². The largest absolute Gasteiger partial charge is 0.435 e. The van der Waals surface area contributed by atoms with Gasteiger partial charge in [-0.1, -0.05) is 79.0 Å². The summed E-state index contributed by atoms with van der Waals surface area (Å²) in [7, 11) is 0. The maximum absolute atomic E-state index is 5.83. The molecule has 1 aliphatic carbocycles. The second-order valence-electron chi connectivity index (χ2n) is 5.96. The molecule has 0 atom stereocenters. The molecule has 2 aromatic heterocycles. The Bertz CT molecular complexity index is 1150. The Hall–Kier alpha value is -2.89. The van der Waals surface area contributed by atoms with Crippen LogP contribution < -0.4 is 0 Å². The predicted octanol–water partition coefficient (Wildman–Crippen LogP) is 5.62. The van der Waals surface area contributed by atoms with E-state index in [-0.39, 0.29) is 0 Å². The normalized spacial score (nSPS) is 13.5. The number of fused-ring (bicyclic) bond motifs is 2. The number of thiocarbonyl (C=S) groups is 2. The Morgan fingerprint density at radius 1 is 0.808 bits per heavy atom. The average molecular weight is 373 g/mol. The minimum absolute atomic E-state index is 0.436. The fraction of sp³-hybridized carbons (Fsp3) is 0. The van der Waals surface area contributed by atoms with Gasteiger partial charge in [0.1, 0.15) is 5.76 Å². The Kier molecular flexibility index (Phi) is 3.45. The Morgan fingerprint density at radius 3 is 2.12 bits per heavy atom. The molecule has 0 amide bonds. The molecule has 3 nitrogen and oxygen atoms in total. The van der Waals surface area contributed by atoms with Gasteiger partial charge < -0.3 is 8.83 Å². The lowest BCUT2D eigenvalue weighted by molar-refractivity contribution is 0.588. The molecule has 0 saturated carbocycles. The molecule has 0 aliphatic heterocycles. The summed E-state index contributed by atoms with van der Waals surface area (Å²) in [6, 6.07) is 19.6. The fourth-order valence-corrected chi connectivity index (χ4v) is 3.83. The van der Waals surface area contributed by atoms with Crippen molar-refractivity contribution in [1.82, 2.24) is 4.98 Å². The van der Waals surface area contributed by atoms with Crippen molar-refractivity contribution in [3.05, 3.63) is 83.3 Å². The number of furan rings is 1. The molecule has 0 unspecified atom stereocenters. The van der Waals surface area contributed by atoms with Crippen LogP contribution in [0.2, 0.25) is 0 Å². The quantitative estimate of drug-likeness (QED) is 0.337. The number of allylic oxidation sites excluding steroid dienone is 1. The van der Waals surface area contributed by atoms with Crippen LogP contribution in [-0.4, -0.2) is 14.7 Å². The van der Waals surface area contributed by atoms with Gasteiger partial charge in [0.15, 0.2) is 5.58 Å². The van der Waals surface area contributed by atoms with Crippen molar-refractivity contribution in [3.63, 3.8) is 0 Å². The van der Waals surface area contributed by atoms with E-state index in [9.17, 15) is 0 Å². The van der Waals surface area contributed by atoms with Gasteiger partial charge in [0.2, 0.25) is 5.89 Å². The second kappa shape index (κ2) is 5.83. The maximum atomic E-state index is 5.83. The Balaban J connectivity index is 1.53. The van der Waals surface area contributed by atoms with Crippen LogP contribution in [0, 0.1) is 0 Å². The van der Waals surface area contributed by atoms with E-state index in [0.29, 0.717) is 17.2 Å². The van der Waals surface area contributed by atoms with E-state index in [1.54, 1.807) is 6.08 Å². The molecule has 1 aliphatic rings. The first-order valence-corrected chi connectivity index (χ1v) is 8.88. The van der Waals surface area contributed by atoms with Crippen LogP contribution in [0.4, 0.5) is 0 Å². The van der Waals surface area contributed by atoms with Gasteiger partial charge in [-0.15, -0.1) is 0 Å². The zero-order chi connectivity index (χ0) is 17.7. The van der Waals surface area contributed by atoms with Gasteiger partial charge in [0, 0.05) is 34.4 Å². The van der Waals surface area contributed by atoms with Crippen molar-refractivity contribution in [1.29, 1.82) is 0 Å². The number of aromatic nitrogens is 1. The van der Waals surface area contributed by atoms with E-state index >= 15 is 0 Å². The van der Waals surface area contributed by atoms with E-state index < -0.39 is 0 Å². The number of benzene rings is 2. The molecular formula is C21H11NO2S2. The van der Waals surface area contributed by atoms with E-state index in [4.69, 9.17) is 33.3 Å². The molecule has 26 heavy (non-hydrogen) atoms. The van der Waals surface area contributed by atoms with Gasteiger partial charge in [0.05, 0.1) is 9.73 Å². The third-order valence-electron chi connectivity index (χ3n) is 4.34. The highest BCUT2D eigenvalue weighted by atomic mass is 32.1. The highest BCUT2D eigenvalue weighted by Gasteiger charge is 2.27. The third kappa shape index (κ3) is 2.36. The van der Waals surface area contributed by atoms with Crippen LogP contribution in [0.1, 0.15) is 17.0 Å². The zero-order valence-corrected chi connectivity index (χ0v) is 15.1. The van der Waals surface area contributed by atoms with Crippen LogP contribution in [-0.2, 0) is 0 Å². The zero-order valence-electron chi connectivity index (χ0n) is 13.4. The highest BCUT2D eigenvalue weighted by molar-refractivity contribution is 7.84. The topological polar surface area (TPSA) is 39.2 Å². The number of hydrogen-bond donors (Lipinski definition) is 0. The molecule has 2 aromatic carbocycles. The molecule has 5 rings (SSSR count). The Morgan fingerprint density at radius 2 is 1.46 bits per heavy atom. The lowest BCUT2D eigenvalue weighted by atomic mass is 10.1. The average Bonchev–Trinajstić information content (AvgIpc) is 3.30. The molecule has 5 heteroatoms. The predicted molar refractivity (Wildman–Crippen MR) is 110 cm³/mol. The summed E-state index contributed by atoms with van der Waals surface area (Å²) < 4.78 is 11.6. The second-order valence-corrected chi connectivity index (χ2v) is 6.78. The molecule has 0 N–H and O–H groups in total. The maximum Gasteiger partial charge on any atom is 0.266 e. The number of nitrogens with zero attached hydrogens (tertiary/aromatic N) is 1. The van der Waals surface area contributed by atoms with E-state index in [0.717, 1.165) is 37.8 Å². The van der Waals surface area contributed by atoms with Gasteiger partial charge in [-0.2, -0.15) is 4.98 Å². The smallest absolute Gasteiger partial charge is 0.266 e. The summed E-state index contributed by atoms with van der Waals surface area (Å²) in [5, 5.41) is 0. The molecular weight excluding hydrogens is 362 g/mol. The number of rotatable bonds is 2. The minimum atomic E-state index is 0.436. The van der Waals surface area contributed by atoms with Crippen molar-refractivity contribution in [2.24, 2.45) is 0 Å². The lowest BCUT2D eigenvalue weighted by Crippen LogP contribution is -1.97. The summed E-state index contributed by atoms with van der Waals surface area (Å²) in [6.07, 6.45) is 1.79. The van der Waals surface area contributed by atoms with Crippen molar-refractivity contribution < 1.29 is 8.83 Å². The summed E-state index contributed by atoms with van der Waals surface area (Å²) in [5.74, 6) is 1.16. The standard InChI is InChI=1S/C21H11NO2S2/c25-19-13-8-4-5-9-14(13)20(26)15(19)10-18-22-21-17(23-18)11-16(24-21)12-6-2-1-3-7-12/h1-11H. The molecule has 2 heterocycles. The SMILES string of the molecule is S=C1C(=Cc2nc3oc(-c4ccccc4)cc3o2)C(=S)c2ccccc21. The summed E-state index contributed by atoms with van der Waals surface area (Å²) in [5.41, 5.74) is 4.81. The molecule has 4 aromatic rings. The highest BCUT2D eigenvalue weighted by Crippen LogP contribution is 2.32. The van der Waals surface area contributed by atoms with Crippen molar-refractivity contribution in [2.45, 2.75) is 0 Å². The first-order chi connectivity index (χ1) is 12.7. The monoisotopic (exact) mass is 373 g/mol. The van der Waals surface area contributed by atoms with Gasteiger partial charge in [-0.25, -0.2) is 0 Å². The van der Waals surface area contributed by atoms with Crippen LogP contribution >= 0.6 is 24.4 Å². The molecule has 0 spiro atoms. The number of oxazole rings is 1. The summed E-state index contributed by atoms with van der Waals surface area (Å²) in [6.45, 7) is 0. The molecule has 0 fully saturated rings. The van der Waals surface area contributed by atoms with Crippen LogP contribution in [0.5, 0.6) is 0 Å². The van der Waals surface area contributed by atoms with Crippen LogP contribution in [0.25, 0.3) is 28.7 Å². The van der Waals surface area contributed by atoms with Gasteiger partial charge in [-0.05, 0) is 0 Å². The van der Waals surface area contributed by atoms with E-state index in [1.165, 1.54) is 0 Å². The van der Waals surface area contributed by atoms with Crippen molar-refractivity contribution >= 4 is 51.5 Å². The van der Waals surface area contributed by atoms with Crippen LogP contribution in [0.15, 0.2) is 75.1 Å². The third-order valence-corrected chi connectivity index (χ3v) is 5.22. The minimum Gasteiger partial charge on any atom is -0.435 e. The number of hydrogen-bond acceptors (Lipinski definition) is 5. The molecule has 0 bridgehead atoms.